The molecule has 0 heterocycles. The van der Waals surface area contributed by atoms with Crippen LogP contribution in [0.3, 0.4) is 0 Å². The van der Waals surface area contributed by atoms with Gasteiger partial charge in [-0.15, -0.1) is 0 Å². The lowest BCUT2D eigenvalue weighted by molar-refractivity contribution is -0.139. The van der Waals surface area contributed by atoms with E-state index in [2.05, 4.69) is 10.6 Å². The summed E-state index contributed by atoms with van der Waals surface area (Å²) in [4.78, 5) is 36.8. The van der Waals surface area contributed by atoms with Crippen LogP contribution in [-0.2, 0) is 14.3 Å². The number of hydrogen-bond acceptors (Lipinski definition) is 5. The topological polar surface area (TPSA) is 114 Å². The predicted molar refractivity (Wildman–Crippen MR) is 131 cm³/mol. The second kappa shape index (κ2) is 10.3. The van der Waals surface area contributed by atoms with E-state index in [0.717, 1.165) is 27.8 Å². The number of carboxylic acid groups (broad SMARTS) is 1. The second-order valence-electron chi connectivity index (χ2n) is 8.31. The molecule has 1 atom stereocenters. The molecule has 3 aromatic rings. The van der Waals surface area contributed by atoms with E-state index >= 15 is 0 Å². The van der Waals surface area contributed by atoms with Crippen LogP contribution in [0.2, 0.25) is 0 Å². The fourth-order valence-corrected chi connectivity index (χ4v) is 4.31. The third-order valence-electron chi connectivity index (χ3n) is 5.94. The van der Waals surface area contributed by atoms with E-state index in [1.807, 2.05) is 61.5 Å². The summed E-state index contributed by atoms with van der Waals surface area (Å²) in [6.45, 7) is 1.89. The monoisotopic (exact) mass is 474 g/mol. The number of rotatable bonds is 8. The number of alkyl carbamates (subject to hydrolysis) is 1. The molecule has 0 fully saturated rings. The fourth-order valence-electron chi connectivity index (χ4n) is 4.31. The molecular formula is C27H26N2O6. The zero-order valence-corrected chi connectivity index (χ0v) is 19.4. The highest BCUT2D eigenvalue weighted by atomic mass is 16.5. The molecule has 0 aromatic heterocycles. The van der Waals surface area contributed by atoms with Gasteiger partial charge in [-0.1, -0.05) is 54.6 Å². The van der Waals surface area contributed by atoms with Crippen LogP contribution in [0.5, 0.6) is 5.75 Å². The molecule has 4 rings (SSSR count). The molecule has 3 N–H and O–H groups in total. The van der Waals surface area contributed by atoms with E-state index in [-0.39, 0.29) is 12.5 Å². The number of amides is 2. The first-order valence-electron chi connectivity index (χ1n) is 11.2. The molecule has 8 heteroatoms. The molecule has 0 radical (unpaired) electrons. The number of benzene rings is 3. The first-order valence-corrected chi connectivity index (χ1v) is 11.2. The minimum Gasteiger partial charge on any atom is -0.495 e. The van der Waals surface area contributed by atoms with Crippen LogP contribution in [0.1, 0.15) is 29.0 Å². The number of anilines is 1. The van der Waals surface area contributed by atoms with Gasteiger partial charge in [0.15, 0.2) is 0 Å². The van der Waals surface area contributed by atoms with E-state index < -0.39 is 30.4 Å². The van der Waals surface area contributed by atoms with Crippen molar-refractivity contribution >= 4 is 23.7 Å². The Kier molecular flexibility index (Phi) is 7.01. The summed E-state index contributed by atoms with van der Waals surface area (Å²) < 4.78 is 10.7. The number of carbonyl (C=O) groups excluding carboxylic acids is 2. The van der Waals surface area contributed by atoms with Crippen LogP contribution >= 0.6 is 0 Å². The number of methoxy groups -OCH3 is 1. The Labute approximate surface area is 202 Å². The Morgan fingerprint density at radius 2 is 1.60 bits per heavy atom. The predicted octanol–water partition coefficient (Wildman–Crippen LogP) is 4.32. The second-order valence-corrected chi connectivity index (χ2v) is 8.31. The maximum absolute atomic E-state index is 12.9. The molecule has 0 saturated carbocycles. The molecule has 0 bridgehead atoms. The Bertz CT molecular complexity index is 1230. The van der Waals surface area contributed by atoms with Crippen LogP contribution in [0, 0.1) is 6.92 Å². The summed E-state index contributed by atoms with van der Waals surface area (Å²) in [6.07, 6.45) is -1.48. The van der Waals surface area contributed by atoms with Crippen molar-refractivity contribution in [3.05, 3.63) is 83.4 Å². The largest absolute Gasteiger partial charge is 0.495 e. The van der Waals surface area contributed by atoms with Gasteiger partial charge in [-0.25, -0.2) is 4.79 Å². The molecule has 3 aromatic carbocycles. The molecule has 0 spiro atoms. The number of nitrogens with one attached hydrogen (secondary N) is 2. The Morgan fingerprint density at radius 3 is 2.20 bits per heavy atom. The van der Waals surface area contributed by atoms with E-state index in [4.69, 9.17) is 9.47 Å². The molecule has 180 valence electrons. The highest BCUT2D eigenvalue weighted by Crippen LogP contribution is 2.44. The van der Waals surface area contributed by atoms with Crippen LogP contribution in [-0.4, -0.2) is 42.8 Å². The lowest BCUT2D eigenvalue weighted by Crippen LogP contribution is -2.45. The van der Waals surface area contributed by atoms with Gasteiger partial charge in [-0.3, -0.25) is 9.59 Å². The van der Waals surface area contributed by atoms with Gasteiger partial charge in [0.1, 0.15) is 18.4 Å². The van der Waals surface area contributed by atoms with E-state index in [0.29, 0.717) is 11.4 Å². The summed E-state index contributed by atoms with van der Waals surface area (Å²) in [5, 5.41) is 14.3. The molecule has 0 saturated heterocycles. The molecular weight excluding hydrogens is 448 g/mol. The van der Waals surface area contributed by atoms with Crippen molar-refractivity contribution in [1.82, 2.24) is 5.32 Å². The average molecular weight is 475 g/mol. The van der Waals surface area contributed by atoms with Gasteiger partial charge in [0, 0.05) is 5.92 Å². The fraction of sp³-hybridized carbons (Fsp3) is 0.222. The van der Waals surface area contributed by atoms with Crippen LogP contribution < -0.4 is 15.4 Å². The Balaban J connectivity index is 1.45. The van der Waals surface area contributed by atoms with Crippen molar-refractivity contribution in [2.75, 3.05) is 19.0 Å². The SMILES string of the molecule is COc1ccc(C)cc1NC(=O)C(CC(=O)O)NC(=O)OCC1c2ccccc2-c2ccccc21. The summed E-state index contributed by atoms with van der Waals surface area (Å²) in [7, 11) is 1.46. The zero-order valence-electron chi connectivity index (χ0n) is 19.4. The number of carbonyl (C=O) groups is 3. The summed E-state index contributed by atoms with van der Waals surface area (Å²) in [5.74, 6) is -1.67. The van der Waals surface area contributed by atoms with Crippen molar-refractivity contribution in [2.45, 2.75) is 25.3 Å². The van der Waals surface area contributed by atoms with Gasteiger partial charge in [0.2, 0.25) is 5.91 Å². The van der Waals surface area contributed by atoms with Crippen LogP contribution in [0.25, 0.3) is 11.1 Å². The smallest absolute Gasteiger partial charge is 0.407 e. The minimum atomic E-state index is -1.34. The highest BCUT2D eigenvalue weighted by molar-refractivity contribution is 5.99. The first-order chi connectivity index (χ1) is 16.9. The molecule has 35 heavy (non-hydrogen) atoms. The van der Waals surface area contributed by atoms with E-state index in [1.165, 1.54) is 7.11 Å². The summed E-state index contributed by atoms with van der Waals surface area (Å²) >= 11 is 0. The lowest BCUT2D eigenvalue weighted by Gasteiger charge is -2.19. The normalized spacial score (nSPS) is 12.7. The van der Waals surface area contributed by atoms with Gasteiger partial charge in [0.05, 0.1) is 19.2 Å². The lowest BCUT2D eigenvalue weighted by atomic mass is 9.98. The molecule has 8 nitrogen and oxygen atoms in total. The summed E-state index contributed by atoms with van der Waals surface area (Å²) in [6, 6.07) is 19.7. The number of carboxylic acids is 1. The van der Waals surface area contributed by atoms with Gasteiger partial charge >= 0.3 is 12.1 Å². The van der Waals surface area contributed by atoms with Crippen molar-refractivity contribution in [2.24, 2.45) is 0 Å². The molecule has 1 unspecified atom stereocenters. The molecule has 1 aliphatic carbocycles. The number of aryl methyl sites for hydroxylation is 1. The number of aliphatic carboxylic acids is 1. The van der Waals surface area contributed by atoms with E-state index in [1.54, 1.807) is 12.1 Å². The van der Waals surface area contributed by atoms with Crippen LogP contribution in [0.15, 0.2) is 66.7 Å². The first kappa shape index (κ1) is 23.8. The third kappa shape index (κ3) is 5.27. The minimum absolute atomic E-state index is 0.0486. The number of hydrogen-bond donors (Lipinski definition) is 3. The quantitative estimate of drug-likeness (QED) is 0.448. The highest BCUT2D eigenvalue weighted by Gasteiger charge is 2.30. The van der Waals surface area contributed by atoms with Crippen LogP contribution in [0.4, 0.5) is 10.5 Å². The van der Waals surface area contributed by atoms with E-state index in [9.17, 15) is 19.5 Å². The number of ether oxygens (including phenoxy) is 2. The van der Waals surface area contributed by atoms with Crippen molar-refractivity contribution in [3.8, 4) is 16.9 Å². The van der Waals surface area contributed by atoms with Gasteiger partial charge in [-0.2, -0.15) is 0 Å². The third-order valence-corrected chi connectivity index (χ3v) is 5.94. The molecule has 2 amide bonds. The Hall–Kier alpha value is -4.33. The standard InChI is InChI=1S/C27H26N2O6/c1-16-11-12-24(34-2)22(13-16)28-26(32)23(14-25(30)31)29-27(33)35-15-21-19-9-5-3-7-17(19)18-8-4-6-10-20(18)21/h3-13,21,23H,14-15H2,1-2H3,(H,28,32)(H,29,33)(H,30,31). The molecule has 1 aliphatic rings. The zero-order chi connectivity index (χ0) is 24.9. The average Bonchev–Trinajstić information content (AvgIpc) is 3.16. The van der Waals surface area contributed by atoms with Crippen molar-refractivity contribution in [3.63, 3.8) is 0 Å². The molecule has 0 aliphatic heterocycles. The summed E-state index contributed by atoms with van der Waals surface area (Å²) in [5.41, 5.74) is 5.53. The van der Waals surface area contributed by atoms with Gasteiger partial charge in [-0.05, 0) is 46.9 Å². The maximum Gasteiger partial charge on any atom is 0.407 e. The van der Waals surface area contributed by atoms with Gasteiger partial charge < -0.3 is 25.2 Å². The Morgan fingerprint density at radius 1 is 0.971 bits per heavy atom. The van der Waals surface area contributed by atoms with Crippen molar-refractivity contribution < 1.29 is 29.0 Å². The van der Waals surface area contributed by atoms with Crippen molar-refractivity contribution in [1.29, 1.82) is 0 Å². The maximum atomic E-state index is 12.9. The number of fused-ring (bicyclic) bond motifs is 3. The van der Waals surface area contributed by atoms with Gasteiger partial charge in [0.25, 0.3) is 0 Å².